The highest BCUT2D eigenvalue weighted by atomic mass is 32.1. The molecule has 23 heavy (non-hydrogen) atoms. The second-order valence-corrected chi connectivity index (χ2v) is 7.22. The van der Waals surface area contributed by atoms with Crippen molar-refractivity contribution in [2.24, 2.45) is 0 Å². The minimum Gasteiger partial charge on any atom is -0.363 e. The minimum atomic E-state index is 0.494. The number of aryl methyl sites for hydroxylation is 1. The summed E-state index contributed by atoms with van der Waals surface area (Å²) in [4.78, 5) is 21.3. The molecule has 1 saturated heterocycles. The van der Waals surface area contributed by atoms with Crippen LogP contribution in [0.1, 0.15) is 17.0 Å². The van der Waals surface area contributed by atoms with Gasteiger partial charge in [-0.2, -0.15) is 0 Å². The number of thiazole rings is 1. The average Bonchev–Trinajstić information content (AvgIpc) is 3.17. The maximum Gasteiger partial charge on any atom is 0.134 e. The van der Waals surface area contributed by atoms with E-state index in [1.165, 1.54) is 10.6 Å². The van der Waals surface area contributed by atoms with Crippen LogP contribution in [0.15, 0.2) is 17.9 Å². The molecule has 0 amide bonds. The topological polar surface area (TPSA) is 48.4 Å². The molecule has 1 fully saturated rings. The zero-order chi connectivity index (χ0) is 16.4. The fraction of sp³-hybridized carbons (Fsp3) is 0.562. The zero-order valence-corrected chi connectivity index (χ0v) is 15.0. The highest BCUT2D eigenvalue weighted by Gasteiger charge is 2.27. The number of anilines is 2. The summed E-state index contributed by atoms with van der Waals surface area (Å²) in [5, 5.41) is 0. The van der Waals surface area contributed by atoms with Gasteiger partial charge in [-0.05, 0) is 13.3 Å². The van der Waals surface area contributed by atoms with Crippen LogP contribution in [-0.2, 0) is 6.54 Å². The standard InChI is InChI=1S/C16H24N6S/c1-12-14(23-11-19-12)9-22-6-5-13(8-22)21(4)16-7-15(20(2)3)17-10-18-16/h7,10-11,13H,5-6,8-9H2,1-4H3. The van der Waals surface area contributed by atoms with Crippen molar-refractivity contribution in [2.45, 2.75) is 25.9 Å². The van der Waals surface area contributed by atoms with Crippen molar-refractivity contribution in [3.05, 3.63) is 28.5 Å². The summed E-state index contributed by atoms with van der Waals surface area (Å²) < 4.78 is 0. The van der Waals surface area contributed by atoms with Gasteiger partial charge in [0.05, 0.1) is 11.2 Å². The monoisotopic (exact) mass is 332 g/mol. The molecule has 3 rings (SSSR count). The first-order chi connectivity index (χ1) is 11.0. The summed E-state index contributed by atoms with van der Waals surface area (Å²) in [6.45, 7) is 5.29. The lowest BCUT2D eigenvalue weighted by Crippen LogP contribution is -2.35. The molecule has 0 aromatic carbocycles. The Morgan fingerprint density at radius 2 is 2.00 bits per heavy atom. The van der Waals surface area contributed by atoms with Crippen LogP contribution in [0.25, 0.3) is 0 Å². The van der Waals surface area contributed by atoms with Crippen molar-refractivity contribution in [1.29, 1.82) is 0 Å². The van der Waals surface area contributed by atoms with Crippen molar-refractivity contribution in [3.8, 4) is 0 Å². The molecule has 0 saturated carbocycles. The molecule has 0 radical (unpaired) electrons. The molecule has 2 aromatic heterocycles. The molecule has 3 heterocycles. The van der Waals surface area contributed by atoms with E-state index in [2.05, 4.69) is 44.8 Å². The van der Waals surface area contributed by atoms with Crippen molar-refractivity contribution in [3.63, 3.8) is 0 Å². The largest absolute Gasteiger partial charge is 0.363 e. The third-order valence-corrected chi connectivity index (χ3v) is 5.38. The zero-order valence-electron chi connectivity index (χ0n) is 14.2. The van der Waals surface area contributed by atoms with E-state index in [4.69, 9.17) is 0 Å². The van der Waals surface area contributed by atoms with Crippen molar-refractivity contribution in [2.75, 3.05) is 44.0 Å². The molecule has 124 valence electrons. The smallest absolute Gasteiger partial charge is 0.134 e. The molecule has 0 spiro atoms. The van der Waals surface area contributed by atoms with Gasteiger partial charge in [-0.1, -0.05) is 0 Å². The van der Waals surface area contributed by atoms with Gasteiger partial charge in [0.15, 0.2) is 0 Å². The first-order valence-corrected chi connectivity index (χ1v) is 8.76. The number of hydrogen-bond donors (Lipinski definition) is 0. The molecule has 1 aliphatic rings. The molecule has 0 aliphatic carbocycles. The van der Waals surface area contributed by atoms with E-state index in [-0.39, 0.29) is 0 Å². The van der Waals surface area contributed by atoms with Gasteiger partial charge in [-0.15, -0.1) is 11.3 Å². The third kappa shape index (κ3) is 3.61. The molecular formula is C16H24N6S. The summed E-state index contributed by atoms with van der Waals surface area (Å²) in [5.41, 5.74) is 3.10. The summed E-state index contributed by atoms with van der Waals surface area (Å²) in [6, 6.07) is 2.55. The van der Waals surface area contributed by atoms with E-state index < -0.39 is 0 Å². The van der Waals surface area contributed by atoms with E-state index in [0.717, 1.165) is 37.7 Å². The van der Waals surface area contributed by atoms with E-state index in [9.17, 15) is 0 Å². The van der Waals surface area contributed by atoms with Crippen molar-refractivity contribution >= 4 is 23.0 Å². The first-order valence-electron chi connectivity index (χ1n) is 7.88. The lowest BCUT2D eigenvalue weighted by atomic mass is 10.2. The van der Waals surface area contributed by atoms with Gasteiger partial charge >= 0.3 is 0 Å². The Hall–Kier alpha value is -1.73. The molecule has 1 unspecified atom stereocenters. The second-order valence-electron chi connectivity index (χ2n) is 6.28. The van der Waals surface area contributed by atoms with Crippen molar-refractivity contribution < 1.29 is 0 Å². The third-order valence-electron chi connectivity index (χ3n) is 4.47. The molecule has 0 bridgehead atoms. The van der Waals surface area contributed by atoms with Gasteiger partial charge in [-0.3, -0.25) is 4.90 Å². The average molecular weight is 332 g/mol. The normalized spacial score (nSPS) is 18.3. The lowest BCUT2D eigenvalue weighted by molar-refractivity contribution is 0.328. The summed E-state index contributed by atoms with van der Waals surface area (Å²) in [6.07, 6.45) is 2.81. The van der Waals surface area contributed by atoms with Crippen LogP contribution in [0.5, 0.6) is 0 Å². The fourth-order valence-electron chi connectivity index (χ4n) is 2.91. The summed E-state index contributed by atoms with van der Waals surface area (Å²) in [5.74, 6) is 1.93. The van der Waals surface area contributed by atoms with Crippen LogP contribution in [-0.4, -0.2) is 60.1 Å². The predicted octanol–water partition coefficient (Wildman–Crippen LogP) is 2.02. The summed E-state index contributed by atoms with van der Waals surface area (Å²) >= 11 is 1.76. The van der Waals surface area contributed by atoms with Gasteiger partial charge < -0.3 is 9.80 Å². The van der Waals surface area contributed by atoms with E-state index in [1.54, 1.807) is 17.7 Å². The maximum absolute atomic E-state index is 4.44. The number of nitrogens with zero attached hydrogens (tertiary/aromatic N) is 6. The quantitative estimate of drug-likeness (QED) is 0.835. The SMILES string of the molecule is Cc1ncsc1CN1CCC(N(C)c2cc(N(C)C)ncn2)C1. The Balaban J connectivity index is 1.64. The van der Waals surface area contributed by atoms with E-state index in [1.807, 2.05) is 24.5 Å². The number of likely N-dealkylation sites (N-methyl/N-ethyl adjacent to an activating group) is 1. The fourth-order valence-corrected chi connectivity index (χ4v) is 3.73. The molecule has 6 nitrogen and oxygen atoms in total. The van der Waals surface area contributed by atoms with Crippen LogP contribution in [0.4, 0.5) is 11.6 Å². The van der Waals surface area contributed by atoms with Gasteiger partial charge in [0, 0.05) is 57.8 Å². The van der Waals surface area contributed by atoms with Gasteiger partial charge in [0.1, 0.15) is 18.0 Å². The Labute approximate surface area is 141 Å². The Morgan fingerprint density at radius 1 is 1.22 bits per heavy atom. The molecule has 7 heteroatoms. The Bertz CT molecular complexity index is 656. The Morgan fingerprint density at radius 3 is 2.70 bits per heavy atom. The van der Waals surface area contributed by atoms with E-state index in [0.29, 0.717) is 6.04 Å². The van der Waals surface area contributed by atoms with Crippen molar-refractivity contribution in [1.82, 2.24) is 19.9 Å². The Kier molecular flexibility index (Phi) is 4.77. The van der Waals surface area contributed by atoms with E-state index >= 15 is 0 Å². The highest BCUT2D eigenvalue weighted by molar-refractivity contribution is 7.09. The number of likely N-dealkylation sites (tertiary alicyclic amines) is 1. The molecule has 2 aromatic rings. The molecular weight excluding hydrogens is 308 g/mol. The number of hydrogen-bond acceptors (Lipinski definition) is 7. The molecule has 1 atom stereocenters. The van der Waals surface area contributed by atoms with Gasteiger partial charge in [-0.25, -0.2) is 15.0 Å². The van der Waals surface area contributed by atoms with Crippen LogP contribution >= 0.6 is 11.3 Å². The van der Waals surface area contributed by atoms with Crippen LogP contribution in [0.2, 0.25) is 0 Å². The minimum absolute atomic E-state index is 0.494. The van der Waals surface area contributed by atoms with Gasteiger partial charge in [0.2, 0.25) is 0 Å². The highest BCUT2D eigenvalue weighted by Crippen LogP contribution is 2.24. The predicted molar refractivity (Wildman–Crippen MR) is 95.3 cm³/mol. The van der Waals surface area contributed by atoms with Crippen LogP contribution in [0, 0.1) is 6.92 Å². The number of aromatic nitrogens is 3. The van der Waals surface area contributed by atoms with Gasteiger partial charge in [0.25, 0.3) is 0 Å². The molecule has 0 N–H and O–H groups in total. The lowest BCUT2D eigenvalue weighted by Gasteiger charge is -2.26. The maximum atomic E-state index is 4.44. The first kappa shape index (κ1) is 16.1. The summed E-state index contributed by atoms with van der Waals surface area (Å²) in [7, 11) is 6.13. The van der Waals surface area contributed by atoms with Crippen LogP contribution < -0.4 is 9.80 Å². The van der Waals surface area contributed by atoms with Crippen LogP contribution in [0.3, 0.4) is 0 Å². The molecule has 1 aliphatic heterocycles. The second kappa shape index (κ2) is 6.80. The number of rotatable bonds is 5.